The standard InChI is InChI=1S/C18H23FN3O4/c1-11-8-21(10-13(11)7-20-17(23)25-3)16-5-4-14(6-15(16)19)22-9-12(2)26-18(22)24/h4-6,11-13H,2,7-10H2,1,3H3,(H,20,23)/t11-,12?,13-/m0/s1. The van der Waals surface area contributed by atoms with Crippen LogP contribution in [0.3, 0.4) is 0 Å². The van der Waals surface area contributed by atoms with Crippen molar-refractivity contribution in [1.29, 1.82) is 0 Å². The zero-order valence-electron chi connectivity index (χ0n) is 14.9. The van der Waals surface area contributed by atoms with Crippen LogP contribution in [0.1, 0.15) is 6.92 Å². The Morgan fingerprint density at radius 1 is 1.42 bits per heavy atom. The number of rotatable bonds is 4. The number of halogens is 1. The number of amides is 2. The molecule has 1 radical (unpaired) electrons. The van der Waals surface area contributed by atoms with Crippen LogP contribution in [-0.4, -0.2) is 51.6 Å². The van der Waals surface area contributed by atoms with Gasteiger partial charge in [-0.2, -0.15) is 0 Å². The molecule has 2 aliphatic heterocycles. The number of cyclic esters (lactones) is 1. The van der Waals surface area contributed by atoms with Gasteiger partial charge in [0.2, 0.25) is 0 Å². The summed E-state index contributed by atoms with van der Waals surface area (Å²) in [5, 5.41) is 2.70. The van der Waals surface area contributed by atoms with Gasteiger partial charge in [0.1, 0.15) is 11.9 Å². The zero-order valence-corrected chi connectivity index (χ0v) is 14.9. The molecule has 2 amide bonds. The van der Waals surface area contributed by atoms with Gasteiger partial charge in [-0.15, -0.1) is 0 Å². The number of nitrogens with zero attached hydrogens (tertiary/aromatic N) is 2. The quantitative estimate of drug-likeness (QED) is 0.888. The van der Waals surface area contributed by atoms with Gasteiger partial charge < -0.3 is 19.7 Å². The van der Waals surface area contributed by atoms with Gasteiger partial charge in [-0.25, -0.2) is 14.0 Å². The fourth-order valence-electron chi connectivity index (χ4n) is 3.44. The third-order valence-corrected chi connectivity index (χ3v) is 4.92. The number of hydrogen-bond donors (Lipinski definition) is 1. The highest BCUT2D eigenvalue weighted by molar-refractivity contribution is 5.90. The molecule has 3 atom stereocenters. The van der Waals surface area contributed by atoms with E-state index in [2.05, 4.69) is 23.9 Å². The molecule has 26 heavy (non-hydrogen) atoms. The van der Waals surface area contributed by atoms with Crippen molar-refractivity contribution in [2.75, 3.05) is 43.1 Å². The lowest BCUT2D eigenvalue weighted by molar-refractivity contribution is 0.159. The number of anilines is 2. The minimum atomic E-state index is -0.513. The van der Waals surface area contributed by atoms with Gasteiger partial charge in [0, 0.05) is 19.6 Å². The maximum absolute atomic E-state index is 14.7. The summed E-state index contributed by atoms with van der Waals surface area (Å²) in [6.07, 6.45) is -1.43. The van der Waals surface area contributed by atoms with Gasteiger partial charge in [0.05, 0.1) is 25.0 Å². The number of benzene rings is 1. The maximum Gasteiger partial charge on any atom is 0.414 e. The van der Waals surface area contributed by atoms with Crippen LogP contribution in [-0.2, 0) is 9.47 Å². The van der Waals surface area contributed by atoms with Crippen molar-refractivity contribution >= 4 is 23.6 Å². The number of nitrogens with one attached hydrogen (secondary N) is 1. The van der Waals surface area contributed by atoms with Crippen molar-refractivity contribution < 1.29 is 23.5 Å². The summed E-state index contributed by atoms with van der Waals surface area (Å²) in [5.41, 5.74) is 0.943. The fourth-order valence-corrected chi connectivity index (χ4v) is 3.44. The van der Waals surface area contributed by atoms with E-state index in [1.165, 1.54) is 18.1 Å². The van der Waals surface area contributed by atoms with Gasteiger partial charge in [-0.3, -0.25) is 4.90 Å². The number of ether oxygens (including phenoxy) is 2. The number of alkyl carbamates (subject to hydrolysis) is 1. The first-order valence-electron chi connectivity index (χ1n) is 8.56. The molecule has 0 spiro atoms. The normalized spacial score (nSPS) is 25.4. The van der Waals surface area contributed by atoms with E-state index in [-0.39, 0.29) is 5.92 Å². The number of methoxy groups -OCH3 is 1. The Balaban J connectivity index is 1.68. The van der Waals surface area contributed by atoms with Crippen molar-refractivity contribution in [3.8, 4) is 0 Å². The molecule has 0 saturated carbocycles. The molecule has 1 aromatic carbocycles. The summed E-state index contributed by atoms with van der Waals surface area (Å²) in [6, 6.07) is 4.74. The van der Waals surface area contributed by atoms with Crippen molar-refractivity contribution in [1.82, 2.24) is 5.32 Å². The minimum Gasteiger partial charge on any atom is -0.453 e. The van der Waals surface area contributed by atoms with E-state index in [4.69, 9.17) is 4.74 Å². The molecule has 8 heteroatoms. The molecular weight excluding hydrogens is 341 g/mol. The molecule has 141 valence electrons. The van der Waals surface area contributed by atoms with Crippen LogP contribution in [0.5, 0.6) is 0 Å². The highest BCUT2D eigenvalue weighted by Gasteiger charge is 2.33. The average molecular weight is 364 g/mol. The van der Waals surface area contributed by atoms with Crippen LogP contribution >= 0.6 is 0 Å². The third-order valence-electron chi connectivity index (χ3n) is 4.92. The second-order valence-corrected chi connectivity index (χ2v) is 6.77. The molecular formula is C18H23FN3O4. The SMILES string of the molecule is [CH2]C1CN(c2ccc(N3C[C@H](CNC(=O)OC)[C@@H](C)C3)c(F)c2)C(=O)O1. The van der Waals surface area contributed by atoms with E-state index in [1.54, 1.807) is 12.1 Å². The molecule has 1 N–H and O–H groups in total. The van der Waals surface area contributed by atoms with Crippen LogP contribution in [0.2, 0.25) is 0 Å². The van der Waals surface area contributed by atoms with Gasteiger partial charge in [0.15, 0.2) is 0 Å². The molecule has 2 fully saturated rings. The summed E-state index contributed by atoms with van der Waals surface area (Å²) in [4.78, 5) is 26.3. The third kappa shape index (κ3) is 3.68. The molecule has 7 nitrogen and oxygen atoms in total. The highest BCUT2D eigenvalue weighted by Crippen LogP contribution is 2.32. The maximum atomic E-state index is 14.7. The minimum absolute atomic E-state index is 0.202. The van der Waals surface area contributed by atoms with Crippen LogP contribution in [0.25, 0.3) is 0 Å². The van der Waals surface area contributed by atoms with E-state index in [9.17, 15) is 14.0 Å². The summed E-state index contributed by atoms with van der Waals surface area (Å²) in [5.74, 6) is 0.108. The van der Waals surface area contributed by atoms with Crippen molar-refractivity contribution in [3.63, 3.8) is 0 Å². The van der Waals surface area contributed by atoms with E-state index < -0.39 is 24.1 Å². The lowest BCUT2D eigenvalue weighted by Crippen LogP contribution is -2.32. The van der Waals surface area contributed by atoms with E-state index >= 15 is 0 Å². The molecule has 0 aromatic heterocycles. The Bertz CT molecular complexity index is 699. The highest BCUT2D eigenvalue weighted by atomic mass is 19.1. The first kappa shape index (κ1) is 18.3. The molecule has 2 aliphatic rings. The average Bonchev–Trinajstić information content (AvgIpc) is 3.14. The Labute approximate surface area is 152 Å². The molecule has 0 bridgehead atoms. The first-order valence-corrected chi connectivity index (χ1v) is 8.56. The summed E-state index contributed by atoms with van der Waals surface area (Å²) < 4.78 is 24.2. The van der Waals surface area contributed by atoms with E-state index in [0.717, 1.165) is 0 Å². The zero-order chi connectivity index (χ0) is 18.8. The van der Waals surface area contributed by atoms with Gasteiger partial charge in [0.25, 0.3) is 0 Å². The Morgan fingerprint density at radius 3 is 2.81 bits per heavy atom. The van der Waals surface area contributed by atoms with Gasteiger partial charge >= 0.3 is 12.2 Å². The largest absolute Gasteiger partial charge is 0.453 e. The van der Waals surface area contributed by atoms with Crippen LogP contribution in [0.4, 0.5) is 25.4 Å². The van der Waals surface area contributed by atoms with Crippen molar-refractivity contribution in [3.05, 3.63) is 30.9 Å². The second kappa shape index (κ2) is 7.39. The molecule has 2 saturated heterocycles. The number of carbonyl (C=O) groups is 2. The van der Waals surface area contributed by atoms with Gasteiger partial charge in [-0.05, 0) is 37.0 Å². The lowest BCUT2D eigenvalue weighted by Gasteiger charge is -2.21. The summed E-state index contributed by atoms with van der Waals surface area (Å²) in [6.45, 7) is 7.88. The number of hydrogen-bond acceptors (Lipinski definition) is 5. The topological polar surface area (TPSA) is 71.1 Å². The lowest BCUT2D eigenvalue weighted by atomic mass is 9.98. The van der Waals surface area contributed by atoms with Crippen molar-refractivity contribution in [2.24, 2.45) is 11.8 Å². The van der Waals surface area contributed by atoms with Gasteiger partial charge in [-0.1, -0.05) is 6.92 Å². The summed E-state index contributed by atoms with van der Waals surface area (Å²) in [7, 11) is 1.32. The predicted molar refractivity (Wildman–Crippen MR) is 94.6 cm³/mol. The molecule has 1 aromatic rings. The van der Waals surface area contributed by atoms with Crippen molar-refractivity contribution in [2.45, 2.75) is 13.0 Å². The van der Waals surface area contributed by atoms with Crippen LogP contribution in [0.15, 0.2) is 18.2 Å². The molecule has 1 unspecified atom stereocenters. The molecule has 0 aliphatic carbocycles. The van der Waals surface area contributed by atoms with E-state index in [0.29, 0.717) is 43.5 Å². The Morgan fingerprint density at radius 2 is 2.19 bits per heavy atom. The predicted octanol–water partition coefficient (Wildman–Crippen LogP) is 2.41. The smallest absolute Gasteiger partial charge is 0.414 e. The molecule has 3 rings (SSSR count). The Hall–Kier alpha value is -2.51. The summed E-state index contributed by atoms with van der Waals surface area (Å²) >= 11 is 0. The number of carbonyl (C=O) groups excluding carboxylic acids is 2. The Kier molecular flexibility index (Phi) is 5.20. The molecule has 2 heterocycles. The monoisotopic (exact) mass is 364 g/mol. The first-order chi connectivity index (χ1) is 12.4. The van der Waals surface area contributed by atoms with E-state index in [1.807, 2.05) is 4.90 Å². The van der Waals surface area contributed by atoms with Crippen LogP contribution < -0.4 is 15.1 Å². The second-order valence-electron chi connectivity index (χ2n) is 6.77. The fraction of sp³-hybridized carbons (Fsp3) is 0.500. The van der Waals surface area contributed by atoms with Crippen LogP contribution in [0, 0.1) is 24.6 Å².